The van der Waals surface area contributed by atoms with E-state index in [1.165, 1.54) is 27.0 Å². The maximum absolute atomic E-state index is 11.0. The van der Waals surface area contributed by atoms with Gasteiger partial charge in [0.2, 0.25) is 0 Å². The summed E-state index contributed by atoms with van der Waals surface area (Å²) in [5.41, 5.74) is 3.65. The lowest BCUT2D eigenvalue weighted by Gasteiger charge is -2.17. The molecule has 0 saturated heterocycles. The fraction of sp³-hybridized carbons (Fsp3) is 0.458. The van der Waals surface area contributed by atoms with E-state index in [0.29, 0.717) is 10.8 Å². The second kappa shape index (κ2) is 10.6. The largest absolute Gasteiger partial charge is 0.477 e. The monoisotopic (exact) mass is 476 g/mol. The van der Waals surface area contributed by atoms with Crippen LogP contribution in [0.2, 0.25) is 0 Å². The number of allylic oxidation sites excluding steroid dienone is 2. The van der Waals surface area contributed by atoms with Crippen molar-refractivity contribution in [3.63, 3.8) is 0 Å². The zero-order valence-corrected chi connectivity index (χ0v) is 19.3. The van der Waals surface area contributed by atoms with Crippen molar-refractivity contribution in [2.24, 2.45) is 5.92 Å². The predicted molar refractivity (Wildman–Crippen MR) is 124 cm³/mol. The zero-order valence-electron chi connectivity index (χ0n) is 16.9. The maximum Gasteiger partial charge on any atom is 0.345 e. The van der Waals surface area contributed by atoms with Crippen LogP contribution in [0.4, 0.5) is 0 Å². The Morgan fingerprint density at radius 1 is 1.21 bits per heavy atom. The Hall–Kier alpha value is -1.43. The molecule has 0 aliphatic heterocycles. The lowest BCUT2D eigenvalue weighted by atomic mass is 9.89. The van der Waals surface area contributed by atoms with E-state index in [9.17, 15) is 9.90 Å². The number of benzene rings is 1. The first kappa shape index (κ1) is 22.3. The molecule has 0 amide bonds. The molecule has 0 fully saturated rings. The lowest BCUT2D eigenvalue weighted by molar-refractivity contribution is 0.0702. The Morgan fingerprint density at radius 2 is 1.97 bits per heavy atom. The summed E-state index contributed by atoms with van der Waals surface area (Å²) >= 11 is 5.17. The molecule has 2 aromatic rings. The predicted octanol–water partition coefficient (Wildman–Crippen LogP) is 7.21. The molecule has 5 heteroatoms. The molecule has 3 rings (SSSR count). The maximum atomic E-state index is 11.0. The van der Waals surface area contributed by atoms with Crippen molar-refractivity contribution in [2.75, 3.05) is 0 Å². The third-order valence-corrected chi connectivity index (χ3v) is 7.66. The van der Waals surface area contributed by atoms with Gasteiger partial charge < -0.3 is 10.2 Å². The number of aromatic carboxylic acids is 1. The highest BCUT2D eigenvalue weighted by molar-refractivity contribution is 9.11. The van der Waals surface area contributed by atoms with Crippen LogP contribution in [0.3, 0.4) is 0 Å². The van der Waals surface area contributed by atoms with E-state index in [1.807, 2.05) is 6.07 Å². The van der Waals surface area contributed by atoms with E-state index in [2.05, 4.69) is 47.1 Å². The summed E-state index contributed by atoms with van der Waals surface area (Å²) in [6.07, 6.45) is 7.90. The van der Waals surface area contributed by atoms with E-state index in [1.54, 1.807) is 6.07 Å². The number of thiophene rings is 1. The molecule has 0 radical (unpaired) electrons. The molecule has 2 atom stereocenters. The first-order valence-corrected chi connectivity index (χ1v) is 12.1. The smallest absolute Gasteiger partial charge is 0.345 e. The molecule has 1 heterocycles. The number of hydrogen-bond donors (Lipinski definition) is 2. The van der Waals surface area contributed by atoms with Gasteiger partial charge in [0.25, 0.3) is 0 Å². The van der Waals surface area contributed by atoms with Gasteiger partial charge in [0, 0.05) is 4.88 Å². The van der Waals surface area contributed by atoms with Gasteiger partial charge in [-0.1, -0.05) is 60.0 Å². The summed E-state index contributed by atoms with van der Waals surface area (Å²) in [6, 6.07) is 12.1. The lowest BCUT2D eigenvalue weighted by Crippen LogP contribution is -2.02. The second-order valence-corrected chi connectivity index (χ2v) is 9.92. The van der Waals surface area contributed by atoms with Crippen LogP contribution in [-0.4, -0.2) is 16.2 Å². The molecule has 29 heavy (non-hydrogen) atoms. The number of aliphatic hydroxyl groups excluding tert-OH is 1. The number of hydrogen-bond acceptors (Lipinski definition) is 3. The van der Waals surface area contributed by atoms with Crippen LogP contribution in [0.25, 0.3) is 5.57 Å². The van der Waals surface area contributed by atoms with Crippen LogP contribution in [-0.2, 0) is 6.42 Å². The summed E-state index contributed by atoms with van der Waals surface area (Å²) in [7, 11) is 0. The quantitative estimate of drug-likeness (QED) is 0.380. The van der Waals surface area contributed by atoms with Gasteiger partial charge >= 0.3 is 5.97 Å². The van der Waals surface area contributed by atoms with Crippen LogP contribution in [0.1, 0.15) is 83.6 Å². The van der Waals surface area contributed by atoms with E-state index in [0.717, 1.165) is 61.8 Å². The van der Waals surface area contributed by atoms with E-state index in [-0.39, 0.29) is 6.10 Å². The molecule has 0 bridgehead atoms. The molecule has 1 aromatic heterocycles. The number of aryl methyl sites for hydroxylation is 1. The number of carboxylic acids is 1. The molecular formula is C24H29BrO3S. The summed E-state index contributed by atoms with van der Waals surface area (Å²) in [6.45, 7) is 2.14. The summed E-state index contributed by atoms with van der Waals surface area (Å²) in [4.78, 5) is 12.6. The third kappa shape index (κ3) is 5.80. The van der Waals surface area contributed by atoms with E-state index in [4.69, 9.17) is 5.11 Å². The summed E-state index contributed by atoms with van der Waals surface area (Å²) < 4.78 is 1.30. The van der Waals surface area contributed by atoms with Crippen molar-refractivity contribution in [3.05, 3.63) is 61.8 Å². The molecule has 0 spiro atoms. The van der Waals surface area contributed by atoms with Crippen LogP contribution in [0, 0.1) is 5.92 Å². The Morgan fingerprint density at radius 3 is 2.62 bits per heavy atom. The van der Waals surface area contributed by atoms with Gasteiger partial charge in [-0.25, -0.2) is 4.79 Å². The average molecular weight is 477 g/mol. The molecule has 156 valence electrons. The first-order valence-electron chi connectivity index (χ1n) is 10.5. The molecule has 1 aliphatic carbocycles. The summed E-state index contributed by atoms with van der Waals surface area (Å²) in [5.74, 6) is -0.311. The van der Waals surface area contributed by atoms with Crippen molar-refractivity contribution in [1.29, 1.82) is 0 Å². The van der Waals surface area contributed by atoms with Crippen molar-refractivity contribution >= 4 is 38.8 Å². The molecule has 1 aliphatic rings. The number of rotatable bonds is 10. The Labute approximate surface area is 185 Å². The van der Waals surface area contributed by atoms with Crippen LogP contribution in [0.5, 0.6) is 0 Å². The SMILES string of the molecule is CCCCC(O)c1ccc(C2=C(Br)CC[C@@H]2CCCc2ccc(C(=O)O)s2)cc1. The topological polar surface area (TPSA) is 57.5 Å². The summed E-state index contributed by atoms with van der Waals surface area (Å²) in [5, 5.41) is 19.4. The van der Waals surface area contributed by atoms with E-state index < -0.39 is 5.97 Å². The fourth-order valence-corrected chi connectivity index (χ4v) is 5.75. The normalized spacial score (nSPS) is 17.7. The minimum atomic E-state index is -0.838. The third-order valence-electron chi connectivity index (χ3n) is 5.70. The number of aliphatic hydroxyl groups is 1. The van der Waals surface area contributed by atoms with Gasteiger partial charge in [0.05, 0.1) is 6.10 Å². The average Bonchev–Trinajstić information content (AvgIpc) is 3.33. The van der Waals surface area contributed by atoms with Crippen molar-refractivity contribution in [2.45, 2.75) is 64.4 Å². The molecule has 0 saturated carbocycles. The van der Waals surface area contributed by atoms with Crippen LogP contribution >= 0.6 is 27.3 Å². The molecule has 2 N–H and O–H groups in total. The van der Waals surface area contributed by atoms with Gasteiger partial charge in [0.1, 0.15) is 4.88 Å². The Bertz CT molecular complexity index is 853. The highest BCUT2D eigenvalue weighted by Gasteiger charge is 2.25. The van der Waals surface area contributed by atoms with Crippen molar-refractivity contribution < 1.29 is 15.0 Å². The van der Waals surface area contributed by atoms with Gasteiger partial charge in [-0.3, -0.25) is 0 Å². The molecule has 1 unspecified atom stereocenters. The van der Waals surface area contributed by atoms with Crippen LogP contribution in [0.15, 0.2) is 40.9 Å². The number of halogens is 1. The van der Waals surface area contributed by atoms with Gasteiger partial charge in [-0.05, 0) is 77.8 Å². The standard InChI is InChI=1S/C24H29BrO3S/c1-2-3-7-21(26)16-8-10-18(11-9-16)23-17(12-14-20(23)25)5-4-6-19-13-15-22(29-19)24(27)28/h8-11,13,15,17,21,26H,2-7,12,14H2,1H3,(H,27,28)/t17-,21?/m0/s1. The molecule has 1 aromatic carbocycles. The first-order chi connectivity index (χ1) is 14.0. The van der Waals surface area contributed by atoms with Gasteiger partial charge in [-0.15, -0.1) is 11.3 Å². The molecular weight excluding hydrogens is 448 g/mol. The van der Waals surface area contributed by atoms with Crippen molar-refractivity contribution in [1.82, 2.24) is 0 Å². The van der Waals surface area contributed by atoms with E-state index >= 15 is 0 Å². The highest BCUT2D eigenvalue weighted by atomic mass is 79.9. The zero-order chi connectivity index (χ0) is 20.8. The minimum absolute atomic E-state index is 0.373. The fourth-order valence-electron chi connectivity index (χ4n) is 4.08. The Kier molecular flexibility index (Phi) is 8.10. The number of carbonyl (C=O) groups is 1. The minimum Gasteiger partial charge on any atom is -0.477 e. The van der Waals surface area contributed by atoms with Gasteiger partial charge in [0.15, 0.2) is 0 Å². The highest BCUT2D eigenvalue weighted by Crippen LogP contribution is 2.44. The second-order valence-electron chi connectivity index (χ2n) is 7.80. The molecule has 3 nitrogen and oxygen atoms in total. The van der Waals surface area contributed by atoms with Crippen molar-refractivity contribution in [3.8, 4) is 0 Å². The van der Waals surface area contributed by atoms with Crippen LogP contribution < -0.4 is 0 Å². The number of unbranched alkanes of at least 4 members (excludes halogenated alkanes) is 1. The number of carboxylic acid groups (broad SMARTS) is 1. The van der Waals surface area contributed by atoms with Gasteiger partial charge in [-0.2, -0.15) is 0 Å². The Balaban J connectivity index is 1.60.